The number of nitrogens with zero attached hydrogens (tertiary/aromatic N) is 3. The van der Waals surface area contributed by atoms with Gasteiger partial charge < -0.3 is 23.7 Å². The highest BCUT2D eigenvalue weighted by Crippen LogP contribution is 2.34. The summed E-state index contributed by atoms with van der Waals surface area (Å²) in [6.07, 6.45) is -6.97. The van der Waals surface area contributed by atoms with Gasteiger partial charge in [0.15, 0.2) is 24.5 Å². The monoisotopic (exact) mass is 541 g/mol. The van der Waals surface area contributed by atoms with Crippen molar-refractivity contribution in [3.63, 3.8) is 0 Å². The highest BCUT2D eigenvalue weighted by molar-refractivity contribution is 5.78. The van der Waals surface area contributed by atoms with Crippen molar-refractivity contribution in [2.75, 3.05) is 6.61 Å². The van der Waals surface area contributed by atoms with E-state index in [1.807, 2.05) is 0 Å². The van der Waals surface area contributed by atoms with Crippen molar-refractivity contribution >= 4 is 23.9 Å². The number of hydrogen-bond acceptors (Lipinski definition) is 10. The van der Waals surface area contributed by atoms with E-state index < -0.39 is 82.8 Å². The first-order chi connectivity index (χ1) is 17.0. The van der Waals surface area contributed by atoms with E-state index in [0.29, 0.717) is 0 Å². The van der Waals surface area contributed by atoms with Gasteiger partial charge in [-0.1, -0.05) is 5.11 Å². The molecule has 0 bridgehead atoms. The summed E-state index contributed by atoms with van der Waals surface area (Å²) in [5.41, 5.74) is 5.44. The number of azide groups is 1. The molecule has 38 heavy (non-hydrogen) atoms. The van der Waals surface area contributed by atoms with Crippen LogP contribution in [0.4, 0.5) is 0 Å². The Bertz CT molecular complexity index is 945. The van der Waals surface area contributed by atoms with Gasteiger partial charge in [0.2, 0.25) is 0 Å². The second-order valence-corrected chi connectivity index (χ2v) is 13.5. The fourth-order valence-corrected chi connectivity index (χ4v) is 2.85. The van der Waals surface area contributed by atoms with E-state index in [0.717, 1.165) is 0 Å². The molecule has 12 heteroatoms. The normalized spacial score (nSPS) is 24.5. The highest BCUT2D eigenvalue weighted by Gasteiger charge is 2.54. The molecule has 1 saturated heterocycles. The molecule has 12 nitrogen and oxygen atoms in total. The average molecular weight is 542 g/mol. The first kappa shape index (κ1) is 33.2. The van der Waals surface area contributed by atoms with Crippen molar-refractivity contribution in [3.8, 4) is 0 Å². The molecule has 1 rings (SSSR count). The van der Waals surface area contributed by atoms with Crippen LogP contribution in [0.15, 0.2) is 5.11 Å². The number of ether oxygens (including phenoxy) is 5. The lowest BCUT2D eigenvalue weighted by atomic mass is 9.92. The van der Waals surface area contributed by atoms with Crippen LogP contribution in [0, 0.1) is 21.7 Å². The fourth-order valence-electron chi connectivity index (χ4n) is 2.85. The van der Waals surface area contributed by atoms with Crippen molar-refractivity contribution < 1.29 is 42.9 Å². The number of carbonyl (C=O) groups is 4. The van der Waals surface area contributed by atoms with Crippen molar-refractivity contribution in [3.05, 3.63) is 10.4 Å². The molecule has 0 saturated carbocycles. The molecule has 0 aromatic heterocycles. The zero-order valence-electron chi connectivity index (χ0n) is 24.6. The van der Waals surface area contributed by atoms with Gasteiger partial charge in [-0.25, -0.2) is 0 Å². The van der Waals surface area contributed by atoms with Crippen molar-refractivity contribution in [1.29, 1.82) is 0 Å². The van der Waals surface area contributed by atoms with Crippen LogP contribution < -0.4 is 0 Å². The van der Waals surface area contributed by atoms with E-state index in [9.17, 15) is 24.7 Å². The number of esters is 4. The van der Waals surface area contributed by atoms with Crippen LogP contribution in [0.25, 0.3) is 10.4 Å². The Kier molecular flexibility index (Phi) is 10.4. The lowest BCUT2D eigenvalue weighted by Gasteiger charge is -2.45. The molecule has 1 aliphatic rings. The molecular formula is C26H43N3O9. The van der Waals surface area contributed by atoms with E-state index >= 15 is 0 Å². The number of hydrogen-bond donors (Lipinski definition) is 0. The molecule has 1 heterocycles. The molecule has 0 aliphatic carbocycles. The molecule has 0 aromatic rings. The third kappa shape index (κ3) is 9.16. The third-order valence-corrected chi connectivity index (χ3v) is 5.33. The summed E-state index contributed by atoms with van der Waals surface area (Å²) in [6, 6.07) is 0. The SMILES string of the molecule is CC(C)(C)C(=O)OC[C@H]1O[C@@H](N=[N+]=[N-])[C@H](OC(=O)C(C)(C)C)[C@@H](OC(=O)C(C)(C)C)[C@H]1OC(=O)C(C)(C)C. The number of rotatable bonds is 6. The lowest BCUT2D eigenvalue weighted by molar-refractivity contribution is -0.259. The van der Waals surface area contributed by atoms with Crippen LogP contribution in [0.5, 0.6) is 0 Å². The van der Waals surface area contributed by atoms with Gasteiger partial charge in [-0.2, -0.15) is 0 Å². The second kappa shape index (κ2) is 11.9. The first-order valence-electron chi connectivity index (χ1n) is 12.5. The molecule has 0 unspecified atom stereocenters. The van der Waals surface area contributed by atoms with Crippen molar-refractivity contribution in [2.45, 2.75) is 114 Å². The Labute approximate surface area is 224 Å². The lowest BCUT2D eigenvalue weighted by Crippen LogP contribution is -2.63. The molecule has 1 fully saturated rings. The van der Waals surface area contributed by atoms with Gasteiger partial charge in [0.1, 0.15) is 12.7 Å². The Balaban J connectivity index is 3.67. The molecule has 0 spiro atoms. The smallest absolute Gasteiger partial charge is 0.311 e. The molecule has 216 valence electrons. The van der Waals surface area contributed by atoms with E-state index in [1.54, 1.807) is 83.1 Å². The predicted octanol–water partition coefficient (Wildman–Crippen LogP) is 4.48. The van der Waals surface area contributed by atoms with Crippen LogP contribution in [0.3, 0.4) is 0 Å². The van der Waals surface area contributed by atoms with Gasteiger partial charge in [-0.05, 0) is 88.6 Å². The van der Waals surface area contributed by atoms with Crippen LogP contribution in [0.1, 0.15) is 83.1 Å². The van der Waals surface area contributed by atoms with Crippen LogP contribution in [0.2, 0.25) is 0 Å². The van der Waals surface area contributed by atoms with Gasteiger partial charge in [0, 0.05) is 4.91 Å². The Morgan fingerprint density at radius 2 is 1.03 bits per heavy atom. The van der Waals surface area contributed by atoms with Gasteiger partial charge in [0.25, 0.3) is 0 Å². The largest absolute Gasteiger partial charge is 0.462 e. The van der Waals surface area contributed by atoms with E-state index in [2.05, 4.69) is 10.0 Å². The summed E-state index contributed by atoms with van der Waals surface area (Å²) in [6.45, 7) is 19.2. The van der Waals surface area contributed by atoms with Gasteiger partial charge in [-0.3, -0.25) is 19.2 Å². The maximum atomic E-state index is 13.0. The molecule has 1 aliphatic heterocycles. The van der Waals surface area contributed by atoms with E-state index in [1.165, 1.54) is 0 Å². The average Bonchev–Trinajstić information content (AvgIpc) is 2.73. The van der Waals surface area contributed by atoms with Gasteiger partial charge in [0.05, 0.1) is 21.7 Å². The summed E-state index contributed by atoms with van der Waals surface area (Å²) in [7, 11) is 0. The summed E-state index contributed by atoms with van der Waals surface area (Å²) >= 11 is 0. The quantitative estimate of drug-likeness (QED) is 0.155. The Hall–Kier alpha value is -2.85. The molecular weight excluding hydrogens is 498 g/mol. The van der Waals surface area contributed by atoms with Gasteiger partial charge >= 0.3 is 23.9 Å². The summed E-state index contributed by atoms with van der Waals surface area (Å²) in [5.74, 6) is -2.62. The first-order valence-corrected chi connectivity index (χ1v) is 12.5. The molecule has 0 aromatic carbocycles. The minimum Gasteiger partial charge on any atom is -0.462 e. The summed E-state index contributed by atoms with van der Waals surface area (Å²) in [4.78, 5) is 54.2. The standard InChI is InChI=1S/C26H43N3O9/c1-23(2,3)19(30)34-13-14-15(36-20(31)24(4,5)6)16(37-21(32)25(7,8)9)17(18(35-14)28-29-27)38-22(33)26(10,11)12/h14-18H,13H2,1-12H3/t14-,15+,16+,17-,18-/m1/s1. The minimum atomic E-state index is -1.48. The van der Waals surface area contributed by atoms with Crippen molar-refractivity contribution in [1.82, 2.24) is 0 Å². The third-order valence-electron chi connectivity index (χ3n) is 5.33. The molecule has 0 amide bonds. The topological polar surface area (TPSA) is 163 Å². The predicted molar refractivity (Wildman–Crippen MR) is 136 cm³/mol. The minimum absolute atomic E-state index is 0.418. The maximum Gasteiger partial charge on any atom is 0.311 e. The van der Waals surface area contributed by atoms with Crippen LogP contribution in [-0.2, 0) is 42.9 Å². The summed E-state index contributed by atoms with van der Waals surface area (Å²) < 4.78 is 28.6. The Morgan fingerprint density at radius 1 is 0.658 bits per heavy atom. The zero-order valence-corrected chi connectivity index (χ0v) is 24.6. The summed E-state index contributed by atoms with van der Waals surface area (Å²) in [5, 5.41) is 3.62. The van der Waals surface area contributed by atoms with Crippen LogP contribution >= 0.6 is 0 Å². The molecule has 5 atom stereocenters. The van der Waals surface area contributed by atoms with E-state index in [-0.39, 0.29) is 0 Å². The van der Waals surface area contributed by atoms with E-state index in [4.69, 9.17) is 23.7 Å². The Morgan fingerprint density at radius 3 is 1.39 bits per heavy atom. The second-order valence-electron chi connectivity index (χ2n) is 13.5. The van der Waals surface area contributed by atoms with Crippen molar-refractivity contribution in [2.24, 2.45) is 26.8 Å². The number of carbonyl (C=O) groups excluding carboxylic acids is 4. The molecule has 0 N–H and O–H groups in total. The van der Waals surface area contributed by atoms with Gasteiger partial charge in [-0.15, -0.1) is 0 Å². The maximum absolute atomic E-state index is 13.0. The fraction of sp³-hybridized carbons (Fsp3) is 0.846. The van der Waals surface area contributed by atoms with Crippen LogP contribution in [-0.4, -0.2) is 61.1 Å². The highest BCUT2D eigenvalue weighted by atomic mass is 16.7. The zero-order chi connectivity index (χ0) is 29.9. The molecule has 0 radical (unpaired) electrons.